The normalized spacial score (nSPS) is 15.1. The summed E-state index contributed by atoms with van der Waals surface area (Å²) in [6, 6.07) is 12.3. The van der Waals surface area contributed by atoms with Crippen molar-refractivity contribution in [1.29, 1.82) is 0 Å². The predicted molar refractivity (Wildman–Crippen MR) is 125 cm³/mol. The summed E-state index contributed by atoms with van der Waals surface area (Å²) >= 11 is 2.56. The molecule has 0 saturated carbocycles. The molecule has 0 bridgehead atoms. The number of likely N-dealkylation sites (tertiary alicyclic amines) is 1. The zero-order valence-electron chi connectivity index (χ0n) is 18.1. The number of carbonyl (C=O) groups is 1. The van der Waals surface area contributed by atoms with Gasteiger partial charge in [0.1, 0.15) is 5.01 Å². The van der Waals surface area contributed by atoms with E-state index in [1.54, 1.807) is 18.3 Å². The molecule has 0 unspecified atom stereocenters. The molecule has 33 heavy (non-hydrogen) atoms. The minimum Gasteiger partial charge on any atom is -0.481 e. The Bertz CT molecular complexity index is 1140. The van der Waals surface area contributed by atoms with Crippen LogP contribution in [-0.2, 0) is 17.5 Å². The number of halogens is 3. The number of nitrogens with zero attached hydrogens (tertiary/aromatic N) is 2. The molecule has 0 radical (unpaired) electrons. The second kappa shape index (κ2) is 9.48. The Hall–Kier alpha value is -2.36. The van der Waals surface area contributed by atoms with Crippen LogP contribution in [0.3, 0.4) is 0 Å². The van der Waals surface area contributed by atoms with E-state index in [0.717, 1.165) is 16.1 Å². The smallest absolute Gasteiger partial charge is 0.417 e. The van der Waals surface area contributed by atoms with Crippen molar-refractivity contribution in [3.63, 3.8) is 0 Å². The van der Waals surface area contributed by atoms with E-state index < -0.39 is 17.7 Å². The summed E-state index contributed by atoms with van der Waals surface area (Å²) in [6.45, 7) is 5.54. The largest absolute Gasteiger partial charge is 0.481 e. The summed E-state index contributed by atoms with van der Waals surface area (Å²) in [5.41, 5.74) is 1.85. The Balaban J connectivity index is 1.49. The zero-order chi connectivity index (χ0) is 23.8. The van der Waals surface area contributed by atoms with Crippen molar-refractivity contribution in [1.82, 2.24) is 9.88 Å². The third-order valence-electron chi connectivity index (χ3n) is 5.35. The molecule has 1 aromatic heterocycles. The van der Waals surface area contributed by atoms with Crippen molar-refractivity contribution < 1.29 is 23.1 Å². The highest BCUT2D eigenvalue weighted by atomic mass is 32.2. The fourth-order valence-electron chi connectivity index (χ4n) is 3.67. The third-order valence-corrected chi connectivity index (χ3v) is 7.53. The van der Waals surface area contributed by atoms with Gasteiger partial charge >= 0.3 is 12.1 Å². The first-order valence-corrected chi connectivity index (χ1v) is 12.2. The van der Waals surface area contributed by atoms with E-state index in [0.29, 0.717) is 30.1 Å². The van der Waals surface area contributed by atoms with Crippen molar-refractivity contribution in [2.24, 2.45) is 5.92 Å². The molecule has 1 saturated heterocycles. The number of hydrogen-bond donors (Lipinski definition) is 1. The van der Waals surface area contributed by atoms with E-state index in [1.807, 2.05) is 38.1 Å². The van der Waals surface area contributed by atoms with Gasteiger partial charge in [-0.1, -0.05) is 44.2 Å². The number of carboxylic acids is 1. The van der Waals surface area contributed by atoms with Gasteiger partial charge in [0, 0.05) is 41.5 Å². The Morgan fingerprint density at radius 1 is 1.18 bits per heavy atom. The van der Waals surface area contributed by atoms with Crippen LogP contribution in [0.15, 0.2) is 53.6 Å². The summed E-state index contributed by atoms with van der Waals surface area (Å²) < 4.78 is 40.9. The Morgan fingerprint density at radius 3 is 2.45 bits per heavy atom. The standard InChI is InChI=1S/C24H23F3N2O2S2/c1-14(2)32-20-8-7-17(9-19(20)24(25,26)27)21-10-28-22(33-21)16-5-3-15(4-6-16)11-29-12-18(13-29)23(30)31/h3-10,14,18H,11-13H2,1-2H3,(H,30,31). The minimum atomic E-state index is -4.42. The maximum Gasteiger partial charge on any atom is 0.417 e. The van der Waals surface area contributed by atoms with Gasteiger partial charge in [0.25, 0.3) is 0 Å². The lowest BCUT2D eigenvalue weighted by molar-refractivity contribution is -0.147. The van der Waals surface area contributed by atoms with E-state index in [2.05, 4.69) is 9.88 Å². The zero-order valence-corrected chi connectivity index (χ0v) is 19.7. The number of thioether (sulfide) groups is 1. The van der Waals surface area contributed by atoms with E-state index in [9.17, 15) is 18.0 Å². The number of alkyl halides is 3. The van der Waals surface area contributed by atoms with Crippen molar-refractivity contribution in [2.75, 3.05) is 13.1 Å². The van der Waals surface area contributed by atoms with Gasteiger partial charge in [0.2, 0.25) is 0 Å². The molecule has 9 heteroatoms. The summed E-state index contributed by atoms with van der Waals surface area (Å²) in [7, 11) is 0. The minimum absolute atomic E-state index is 0.0506. The van der Waals surface area contributed by atoms with Crippen molar-refractivity contribution in [3.05, 3.63) is 59.8 Å². The first-order valence-electron chi connectivity index (χ1n) is 10.5. The van der Waals surface area contributed by atoms with Gasteiger partial charge in [0.05, 0.1) is 16.4 Å². The molecule has 0 spiro atoms. The Morgan fingerprint density at radius 2 is 1.85 bits per heavy atom. The van der Waals surface area contributed by atoms with Gasteiger partial charge in [0.15, 0.2) is 0 Å². The molecule has 4 nitrogen and oxygen atoms in total. The van der Waals surface area contributed by atoms with Crippen LogP contribution in [0.2, 0.25) is 0 Å². The number of carboxylic acid groups (broad SMARTS) is 1. The monoisotopic (exact) mass is 492 g/mol. The topological polar surface area (TPSA) is 53.4 Å². The molecule has 0 atom stereocenters. The van der Waals surface area contributed by atoms with Gasteiger partial charge in [-0.15, -0.1) is 23.1 Å². The SMILES string of the molecule is CC(C)Sc1ccc(-c2cnc(-c3ccc(CN4CC(C(=O)O)C4)cc3)s2)cc1C(F)(F)F. The van der Waals surface area contributed by atoms with Gasteiger partial charge in [-0.3, -0.25) is 9.69 Å². The summed E-state index contributed by atoms with van der Waals surface area (Å²) in [5.74, 6) is -1.04. The van der Waals surface area contributed by atoms with E-state index >= 15 is 0 Å². The molecule has 174 valence electrons. The summed E-state index contributed by atoms with van der Waals surface area (Å²) in [4.78, 5) is 18.3. The Labute approximate surface area is 198 Å². The van der Waals surface area contributed by atoms with E-state index in [4.69, 9.17) is 5.11 Å². The Kier molecular flexibility index (Phi) is 6.83. The maximum absolute atomic E-state index is 13.6. The average Bonchev–Trinajstić information content (AvgIpc) is 3.20. The molecule has 4 rings (SSSR count). The molecule has 0 amide bonds. The highest BCUT2D eigenvalue weighted by Crippen LogP contribution is 2.41. The van der Waals surface area contributed by atoms with Crippen LogP contribution >= 0.6 is 23.1 Å². The number of aromatic nitrogens is 1. The molecular formula is C24H23F3N2O2S2. The second-order valence-electron chi connectivity index (χ2n) is 8.33. The lowest BCUT2D eigenvalue weighted by Crippen LogP contribution is -2.49. The first-order chi connectivity index (χ1) is 15.6. The van der Waals surface area contributed by atoms with Crippen LogP contribution < -0.4 is 0 Å². The molecule has 1 aliphatic rings. The number of hydrogen-bond acceptors (Lipinski definition) is 5. The first kappa shape index (κ1) is 23.8. The predicted octanol–water partition coefficient (Wildman–Crippen LogP) is 6.51. The van der Waals surface area contributed by atoms with Gasteiger partial charge < -0.3 is 5.11 Å². The summed E-state index contributed by atoms with van der Waals surface area (Å²) in [6.07, 6.45) is -2.80. The molecule has 2 heterocycles. The highest BCUT2D eigenvalue weighted by Gasteiger charge is 2.34. The molecule has 1 aliphatic heterocycles. The van der Waals surface area contributed by atoms with E-state index in [-0.39, 0.29) is 16.1 Å². The fourth-order valence-corrected chi connectivity index (χ4v) is 5.54. The third kappa shape index (κ3) is 5.59. The van der Waals surface area contributed by atoms with Crippen LogP contribution in [-0.4, -0.2) is 39.3 Å². The van der Waals surface area contributed by atoms with Crippen LogP contribution in [0.5, 0.6) is 0 Å². The molecule has 1 N–H and O–H groups in total. The van der Waals surface area contributed by atoms with Crippen LogP contribution in [0, 0.1) is 5.92 Å². The molecule has 2 aromatic carbocycles. The number of aliphatic carboxylic acids is 1. The van der Waals surface area contributed by atoms with Gasteiger partial charge in [-0.05, 0) is 23.3 Å². The van der Waals surface area contributed by atoms with Crippen molar-refractivity contribution >= 4 is 29.1 Å². The van der Waals surface area contributed by atoms with Crippen molar-refractivity contribution in [2.45, 2.75) is 36.7 Å². The molecule has 3 aromatic rings. The molecule has 0 aliphatic carbocycles. The van der Waals surface area contributed by atoms with Crippen LogP contribution in [0.4, 0.5) is 13.2 Å². The van der Waals surface area contributed by atoms with Crippen molar-refractivity contribution in [3.8, 4) is 21.0 Å². The maximum atomic E-state index is 13.6. The molecule has 1 fully saturated rings. The van der Waals surface area contributed by atoms with Crippen LogP contribution in [0.1, 0.15) is 25.0 Å². The second-order valence-corrected chi connectivity index (χ2v) is 11.0. The van der Waals surface area contributed by atoms with Gasteiger partial charge in [-0.2, -0.15) is 13.2 Å². The molecular weight excluding hydrogens is 469 g/mol. The van der Waals surface area contributed by atoms with Gasteiger partial charge in [-0.25, -0.2) is 4.98 Å². The number of benzene rings is 2. The van der Waals surface area contributed by atoms with E-state index in [1.165, 1.54) is 29.2 Å². The van der Waals surface area contributed by atoms with Crippen LogP contribution in [0.25, 0.3) is 21.0 Å². The quantitative estimate of drug-likeness (QED) is 0.381. The lowest BCUT2D eigenvalue weighted by Gasteiger charge is -2.36. The number of rotatable bonds is 7. The fraction of sp³-hybridized carbons (Fsp3) is 0.333. The average molecular weight is 493 g/mol. The highest BCUT2D eigenvalue weighted by molar-refractivity contribution is 8.00. The lowest BCUT2D eigenvalue weighted by atomic mass is 9.99. The number of thiazole rings is 1. The summed E-state index contributed by atoms with van der Waals surface area (Å²) in [5, 5.41) is 9.76.